The monoisotopic (exact) mass is 253 g/mol. The fourth-order valence-corrected chi connectivity index (χ4v) is 1.53. The van der Waals surface area contributed by atoms with E-state index in [0.29, 0.717) is 10.9 Å². The summed E-state index contributed by atoms with van der Waals surface area (Å²) in [5.74, 6) is -0.588. The van der Waals surface area contributed by atoms with Crippen LogP contribution in [0.5, 0.6) is 0 Å². The summed E-state index contributed by atoms with van der Waals surface area (Å²) in [5, 5.41) is 0.494. The number of halogens is 1. The predicted molar refractivity (Wildman–Crippen MR) is 67.8 cm³/mol. The molecule has 0 fully saturated rings. The summed E-state index contributed by atoms with van der Waals surface area (Å²) in [7, 11) is 0. The molecule has 0 aliphatic carbocycles. The van der Waals surface area contributed by atoms with Gasteiger partial charge in [0.05, 0.1) is 6.61 Å². The van der Waals surface area contributed by atoms with E-state index in [-0.39, 0.29) is 30.0 Å². The predicted octanol–water partition coefficient (Wildman–Crippen LogP) is 2.13. The van der Waals surface area contributed by atoms with Gasteiger partial charge >= 0.3 is 5.97 Å². The second-order valence-corrected chi connectivity index (χ2v) is 3.30. The average Bonchev–Trinajstić information content (AvgIpc) is 2.30. The maximum atomic E-state index is 11.9. The number of fused-ring (bicyclic) bond motifs is 1. The molecular formula is C12H12ClNO3. The van der Waals surface area contributed by atoms with E-state index in [1.807, 2.05) is 6.07 Å². The first kappa shape index (κ1) is 13.3. The summed E-state index contributed by atoms with van der Waals surface area (Å²) in [5.41, 5.74) is 0.453. The van der Waals surface area contributed by atoms with E-state index in [2.05, 4.69) is 4.98 Å². The molecule has 90 valence electrons. The van der Waals surface area contributed by atoms with Gasteiger partial charge < -0.3 is 9.72 Å². The molecule has 1 N–H and O–H groups in total. The number of carbonyl (C=O) groups excluding carboxylic acids is 1. The fourth-order valence-electron chi connectivity index (χ4n) is 1.53. The number of rotatable bonds is 2. The van der Waals surface area contributed by atoms with E-state index in [1.54, 1.807) is 25.1 Å². The third-order valence-electron chi connectivity index (χ3n) is 2.28. The van der Waals surface area contributed by atoms with Crippen molar-refractivity contribution in [1.82, 2.24) is 4.98 Å². The van der Waals surface area contributed by atoms with Crippen LogP contribution in [-0.2, 0) is 4.74 Å². The van der Waals surface area contributed by atoms with Crippen molar-refractivity contribution >= 4 is 29.3 Å². The van der Waals surface area contributed by atoms with Gasteiger partial charge in [-0.3, -0.25) is 4.79 Å². The molecule has 0 saturated carbocycles. The Hall–Kier alpha value is -1.81. The van der Waals surface area contributed by atoms with Crippen LogP contribution in [0, 0.1) is 0 Å². The van der Waals surface area contributed by atoms with E-state index < -0.39 is 5.97 Å². The molecule has 0 atom stereocenters. The van der Waals surface area contributed by atoms with Gasteiger partial charge in [-0.2, -0.15) is 0 Å². The van der Waals surface area contributed by atoms with Gasteiger partial charge in [-0.15, -0.1) is 12.4 Å². The van der Waals surface area contributed by atoms with Crippen LogP contribution < -0.4 is 5.43 Å². The van der Waals surface area contributed by atoms with Crippen molar-refractivity contribution < 1.29 is 9.53 Å². The minimum absolute atomic E-state index is 0. The van der Waals surface area contributed by atoms with Crippen molar-refractivity contribution in [2.24, 2.45) is 0 Å². The lowest BCUT2D eigenvalue weighted by Crippen LogP contribution is -2.17. The number of benzene rings is 1. The highest BCUT2D eigenvalue weighted by Crippen LogP contribution is 2.07. The number of aromatic nitrogens is 1. The fraction of sp³-hybridized carbons (Fsp3) is 0.167. The Morgan fingerprint density at radius 1 is 1.35 bits per heavy atom. The molecule has 2 aromatic rings. The number of para-hydroxylation sites is 1. The topological polar surface area (TPSA) is 59.2 Å². The van der Waals surface area contributed by atoms with Gasteiger partial charge in [-0.25, -0.2) is 4.79 Å². The van der Waals surface area contributed by atoms with Gasteiger partial charge in [0, 0.05) is 17.1 Å². The number of esters is 1. The Bertz CT molecular complexity index is 592. The van der Waals surface area contributed by atoms with Gasteiger partial charge in [0.1, 0.15) is 5.56 Å². The molecule has 0 aliphatic heterocycles. The zero-order chi connectivity index (χ0) is 11.5. The summed E-state index contributed by atoms with van der Waals surface area (Å²) in [6, 6.07) is 7.04. The Balaban J connectivity index is 0.00000144. The molecule has 0 bridgehead atoms. The first-order chi connectivity index (χ1) is 7.74. The molecule has 5 heteroatoms. The van der Waals surface area contributed by atoms with Crippen LogP contribution in [0.25, 0.3) is 10.9 Å². The van der Waals surface area contributed by atoms with Gasteiger partial charge in [-0.05, 0) is 19.1 Å². The van der Waals surface area contributed by atoms with Crippen molar-refractivity contribution in [3.63, 3.8) is 0 Å². The normalized spacial score (nSPS) is 9.71. The van der Waals surface area contributed by atoms with Crippen molar-refractivity contribution in [1.29, 1.82) is 0 Å². The van der Waals surface area contributed by atoms with Crippen LogP contribution in [0.2, 0.25) is 0 Å². The second kappa shape index (κ2) is 5.50. The highest BCUT2D eigenvalue weighted by Gasteiger charge is 2.12. The van der Waals surface area contributed by atoms with Gasteiger partial charge in [0.25, 0.3) is 0 Å². The highest BCUT2D eigenvalue weighted by molar-refractivity contribution is 5.93. The zero-order valence-corrected chi connectivity index (χ0v) is 10.0. The number of hydrogen-bond acceptors (Lipinski definition) is 3. The van der Waals surface area contributed by atoms with Crippen LogP contribution in [0.4, 0.5) is 0 Å². The number of nitrogens with one attached hydrogen (secondary N) is 1. The first-order valence-corrected chi connectivity index (χ1v) is 5.01. The largest absolute Gasteiger partial charge is 0.462 e. The van der Waals surface area contributed by atoms with Gasteiger partial charge in [0.15, 0.2) is 0 Å². The van der Waals surface area contributed by atoms with Crippen LogP contribution in [0.15, 0.2) is 35.3 Å². The lowest BCUT2D eigenvalue weighted by molar-refractivity contribution is 0.0524. The Morgan fingerprint density at radius 3 is 2.76 bits per heavy atom. The summed E-state index contributed by atoms with van der Waals surface area (Å²) >= 11 is 0. The van der Waals surface area contributed by atoms with Crippen LogP contribution >= 0.6 is 12.4 Å². The summed E-state index contributed by atoms with van der Waals surface area (Å²) in [4.78, 5) is 26.3. The molecule has 4 nitrogen and oxygen atoms in total. The van der Waals surface area contributed by atoms with Crippen LogP contribution in [-0.4, -0.2) is 17.6 Å². The number of hydrogen-bond donors (Lipinski definition) is 1. The molecule has 0 spiro atoms. The molecular weight excluding hydrogens is 242 g/mol. The molecule has 1 heterocycles. The molecule has 0 radical (unpaired) electrons. The van der Waals surface area contributed by atoms with Crippen molar-refractivity contribution in [2.45, 2.75) is 6.92 Å². The van der Waals surface area contributed by atoms with E-state index in [1.165, 1.54) is 6.20 Å². The number of ether oxygens (including phenoxy) is 1. The van der Waals surface area contributed by atoms with Crippen molar-refractivity contribution in [3.05, 3.63) is 46.2 Å². The smallest absolute Gasteiger partial charge is 0.343 e. The van der Waals surface area contributed by atoms with Gasteiger partial charge in [-0.1, -0.05) is 12.1 Å². The molecule has 17 heavy (non-hydrogen) atoms. The molecule has 0 aliphatic rings. The summed E-state index contributed by atoms with van der Waals surface area (Å²) in [6.45, 7) is 1.96. The number of H-pyrrole nitrogens is 1. The summed E-state index contributed by atoms with van der Waals surface area (Å²) in [6.07, 6.45) is 1.39. The van der Waals surface area contributed by atoms with Crippen molar-refractivity contribution in [2.75, 3.05) is 6.61 Å². The van der Waals surface area contributed by atoms with Crippen LogP contribution in [0.3, 0.4) is 0 Å². The third kappa shape index (κ3) is 2.47. The van der Waals surface area contributed by atoms with Crippen molar-refractivity contribution in [3.8, 4) is 0 Å². The second-order valence-electron chi connectivity index (χ2n) is 3.30. The minimum atomic E-state index is -0.588. The molecule has 1 aromatic heterocycles. The SMILES string of the molecule is CCOC(=O)c1c[nH]c2ccccc2c1=O.Cl. The van der Waals surface area contributed by atoms with E-state index in [0.717, 1.165) is 0 Å². The maximum Gasteiger partial charge on any atom is 0.343 e. The Morgan fingerprint density at radius 2 is 2.06 bits per heavy atom. The number of aromatic amines is 1. The maximum absolute atomic E-state index is 11.9. The standard InChI is InChI=1S/C12H11NO3.ClH/c1-2-16-12(15)9-7-13-10-6-4-3-5-8(10)11(9)14;/h3-7H,2H2,1H3,(H,13,14);1H. The molecule has 1 aromatic carbocycles. The third-order valence-corrected chi connectivity index (χ3v) is 2.28. The van der Waals surface area contributed by atoms with Gasteiger partial charge in [0.2, 0.25) is 5.43 Å². The highest BCUT2D eigenvalue weighted by atomic mass is 35.5. The Labute approximate surface area is 104 Å². The molecule has 0 unspecified atom stereocenters. The number of pyridine rings is 1. The molecule has 2 rings (SSSR count). The molecule has 0 amide bonds. The van der Waals surface area contributed by atoms with E-state index in [4.69, 9.17) is 4.74 Å². The first-order valence-electron chi connectivity index (χ1n) is 5.01. The number of carbonyl (C=O) groups is 1. The molecule has 0 saturated heterocycles. The Kier molecular flexibility index (Phi) is 4.29. The lowest BCUT2D eigenvalue weighted by Gasteiger charge is -2.02. The van der Waals surface area contributed by atoms with Crippen LogP contribution in [0.1, 0.15) is 17.3 Å². The minimum Gasteiger partial charge on any atom is -0.462 e. The average molecular weight is 254 g/mol. The lowest BCUT2D eigenvalue weighted by atomic mass is 10.1. The summed E-state index contributed by atoms with van der Waals surface area (Å²) < 4.78 is 4.80. The van der Waals surface area contributed by atoms with E-state index >= 15 is 0 Å². The zero-order valence-electron chi connectivity index (χ0n) is 9.23. The van der Waals surface area contributed by atoms with E-state index in [9.17, 15) is 9.59 Å². The quantitative estimate of drug-likeness (QED) is 0.834.